The molecule has 7 heteroatoms. The van der Waals surface area contributed by atoms with E-state index < -0.39 is 0 Å². The SMILES string of the molecule is COC(=O)Cn1nnnc1SC1CCCCCC1. The average molecular weight is 270 g/mol. The number of carbonyl (C=O) groups excluding carboxylic acids is 1. The van der Waals surface area contributed by atoms with E-state index in [2.05, 4.69) is 20.3 Å². The number of nitrogens with zero attached hydrogens (tertiary/aromatic N) is 4. The second-order valence-corrected chi connectivity index (χ2v) is 5.69. The van der Waals surface area contributed by atoms with Crippen LogP contribution in [0, 0.1) is 0 Å². The van der Waals surface area contributed by atoms with Crippen molar-refractivity contribution in [3.05, 3.63) is 0 Å². The maximum atomic E-state index is 11.2. The van der Waals surface area contributed by atoms with E-state index in [-0.39, 0.29) is 12.5 Å². The summed E-state index contributed by atoms with van der Waals surface area (Å²) in [5.74, 6) is -0.329. The molecule has 1 aliphatic carbocycles. The molecule has 0 bridgehead atoms. The molecule has 2 rings (SSSR count). The van der Waals surface area contributed by atoms with Crippen LogP contribution < -0.4 is 0 Å². The molecule has 0 atom stereocenters. The summed E-state index contributed by atoms with van der Waals surface area (Å²) in [6.45, 7) is 0.0819. The van der Waals surface area contributed by atoms with Gasteiger partial charge in [0.05, 0.1) is 7.11 Å². The lowest BCUT2D eigenvalue weighted by Gasteiger charge is -2.12. The maximum absolute atomic E-state index is 11.2. The quantitative estimate of drug-likeness (QED) is 0.612. The van der Waals surface area contributed by atoms with Crippen LogP contribution >= 0.6 is 11.8 Å². The van der Waals surface area contributed by atoms with E-state index in [1.807, 2.05) is 0 Å². The third-order valence-corrected chi connectivity index (χ3v) is 4.39. The topological polar surface area (TPSA) is 69.9 Å². The van der Waals surface area contributed by atoms with Crippen LogP contribution in [0.5, 0.6) is 0 Å². The highest BCUT2D eigenvalue weighted by atomic mass is 32.2. The molecule has 18 heavy (non-hydrogen) atoms. The Bertz CT molecular complexity index is 388. The standard InChI is InChI=1S/C11H18N4O2S/c1-17-10(16)8-15-11(12-13-14-15)18-9-6-4-2-3-5-7-9/h9H,2-8H2,1H3. The Balaban J connectivity index is 1.95. The molecule has 6 nitrogen and oxygen atoms in total. The van der Waals surface area contributed by atoms with E-state index in [4.69, 9.17) is 0 Å². The molecular weight excluding hydrogens is 252 g/mol. The highest BCUT2D eigenvalue weighted by molar-refractivity contribution is 7.99. The summed E-state index contributed by atoms with van der Waals surface area (Å²) in [5.41, 5.74) is 0. The van der Waals surface area contributed by atoms with Crippen molar-refractivity contribution in [1.29, 1.82) is 0 Å². The summed E-state index contributed by atoms with van der Waals surface area (Å²) in [6, 6.07) is 0. The minimum atomic E-state index is -0.329. The summed E-state index contributed by atoms with van der Waals surface area (Å²) < 4.78 is 6.14. The van der Waals surface area contributed by atoms with Crippen molar-refractivity contribution in [2.75, 3.05) is 7.11 Å². The van der Waals surface area contributed by atoms with E-state index in [0.29, 0.717) is 10.4 Å². The molecule has 1 saturated carbocycles. The van der Waals surface area contributed by atoms with Crippen LogP contribution in [0.4, 0.5) is 0 Å². The van der Waals surface area contributed by atoms with Gasteiger partial charge in [0.2, 0.25) is 5.16 Å². The number of ether oxygens (including phenoxy) is 1. The van der Waals surface area contributed by atoms with Crippen LogP contribution in [0.1, 0.15) is 38.5 Å². The lowest BCUT2D eigenvalue weighted by molar-refractivity contribution is -0.141. The van der Waals surface area contributed by atoms with Crippen LogP contribution in [0.25, 0.3) is 0 Å². The molecular formula is C11H18N4O2S. The first-order valence-corrected chi connectivity index (χ1v) is 7.17. The number of thioether (sulfide) groups is 1. The molecule has 0 aromatic carbocycles. The second-order valence-electron chi connectivity index (χ2n) is 4.43. The maximum Gasteiger partial charge on any atom is 0.327 e. The van der Waals surface area contributed by atoms with Gasteiger partial charge in [-0.2, -0.15) is 0 Å². The third kappa shape index (κ3) is 3.69. The van der Waals surface area contributed by atoms with Crippen molar-refractivity contribution in [1.82, 2.24) is 20.2 Å². The largest absolute Gasteiger partial charge is 0.468 e. The fourth-order valence-electron chi connectivity index (χ4n) is 2.08. The molecule has 1 heterocycles. The van der Waals surface area contributed by atoms with Crippen LogP contribution in [-0.2, 0) is 16.1 Å². The molecule has 1 fully saturated rings. The van der Waals surface area contributed by atoms with Gasteiger partial charge in [-0.25, -0.2) is 4.68 Å². The Morgan fingerprint density at radius 2 is 2.11 bits per heavy atom. The zero-order valence-electron chi connectivity index (χ0n) is 10.5. The molecule has 0 radical (unpaired) electrons. The van der Waals surface area contributed by atoms with Crippen molar-refractivity contribution < 1.29 is 9.53 Å². The molecule has 1 aliphatic rings. The van der Waals surface area contributed by atoms with Crippen molar-refractivity contribution in [2.45, 2.75) is 55.5 Å². The summed E-state index contributed by atoms with van der Waals surface area (Å²) in [7, 11) is 1.37. The number of aromatic nitrogens is 4. The first-order chi connectivity index (χ1) is 8.79. The van der Waals surface area contributed by atoms with E-state index >= 15 is 0 Å². The minimum Gasteiger partial charge on any atom is -0.468 e. The Kier molecular flexibility index (Phi) is 4.98. The number of carbonyl (C=O) groups is 1. The Morgan fingerprint density at radius 3 is 2.78 bits per heavy atom. The highest BCUT2D eigenvalue weighted by Crippen LogP contribution is 2.31. The summed E-state index contributed by atoms with van der Waals surface area (Å²) in [6.07, 6.45) is 7.60. The van der Waals surface area contributed by atoms with Gasteiger partial charge in [-0.05, 0) is 23.3 Å². The molecule has 0 N–H and O–H groups in total. The minimum absolute atomic E-state index is 0.0819. The van der Waals surface area contributed by atoms with E-state index in [9.17, 15) is 4.79 Å². The smallest absolute Gasteiger partial charge is 0.327 e. The first kappa shape index (κ1) is 13.3. The van der Waals surface area contributed by atoms with Gasteiger partial charge in [-0.15, -0.1) is 5.10 Å². The van der Waals surface area contributed by atoms with Crippen LogP contribution in [-0.4, -0.2) is 38.5 Å². The fraction of sp³-hybridized carbons (Fsp3) is 0.818. The number of tetrazole rings is 1. The van der Waals surface area contributed by atoms with Crippen molar-refractivity contribution >= 4 is 17.7 Å². The molecule has 0 amide bonds. The zero-order chi connectivity index (χ0) is 12.8. The molecule has 1 aromatic rings. The van der Waals surface area contributed by atoms with Crippen molar-refractivity contribution in [2.24, 2.45) is 0 Å². The number of rotatable bonds is 4. The lowest BCUT2D eigenvalue weighted by atomic mass is 10.2. The molecule has 0 unspecified atom stereocenters. The van der Waals surface area contributed by atoms with Gasteiger partial charge in [-0.1, -0.05) is 37.4 Å². The third-order valence-electron chi connectivity index (χ3n) is 3.08. The molecule has 0 spiro atoms. The Morgan fingerprint density at radius 1 is 1.39 bits per heavy atom. The van der Waals surface area contributed by atoms with Crippen molar-refractivity contribution in [3.8, 4) is 0 Å². The van der Waals surface area contributed by atoms with E-state index in [0.717, 1.165) is 0 Å². The van der Waals surface area contributed by atoms with Gasteiger partial charge in [-0.3, -0.25) is 4.79 Å². The number of hydrogen-bond acceptors (Lipinski definition) is 6. The first-order valence-electron chi connectivity index (χ1n) is 6.29. The highest BCUT2D eigenvalue weighted by Gasteiger charge is 2.18. The fourth-order valence-corrected chi connectivity index (χ4v) is 3.25. The van der Waals surface area contributed by atoms with E-state index in [1.165, 1.54) is 50.3 Å². The van der Waals surface area contributed by atoms with Crippen LogP contribution in [0.15, 0.2) is 5.16 Å². The molecule has 0 saturated heterocycles. The van der Waals surface area contributed by atoms with Gasteiger partial charge in [0.15, 0.2) is 0 Å². The van der Waals surface area contributed by atoms with E-state index in [1.54, 1.807) is 11.8 Å². The average Bonchev–Trinajstić information content (AvgIpc) is 2.64. The van der Waals surface area contributed by atoms with Crippen LogP contribution in [0.2, 0.25) is 0 Å². The predicted octanol–water partition coefficient (Wildman–Crippen LogP) is 1.66. The zero-order valence-corrected chi connectivity index (χ0v) is 11.4. The van der Waals surface area contributed by atoms with Gasteiger partial charge >= 0.3 is 5.97 Å². The monoisotopic (exact) mass is 270 g/mol. The normalized spacial score (nSPS) is 17.4. The van der Waals surface area contributed by atoms with Gasteiger partial charge < -0.3 is 4.74 Å². The van der Waals surface area contributed by atoms with Gasteiger partial charge in [0.1, 0.15) is 6.54 Å². The Hall–Kier alpha value is -1.11. The summed E-state index contributed by atoms with van der Waals surface area (Å²) >= 11 is 1.68. The lowest BCUT2D eigenvalue weighted by Crippen LogP contribution is -2.14. The predicted molar refractivity (Wildman–Crippen MR) is 67.2 cm³/mol. The van der Waals surface area contributed by atoms with Gasteiger partial charge in [0, 0.05) is 5.25 Å². The van der Waals surface area contributed by atoms with Crippen molar-refractivity contribution in [3.63, 3.8) is 0 Å². The van der Waals surface area contributed by atoms with Gasteiger partial charge in [0.25, 0.3) is 0 Å². The summed E-state index contributed by atoms with van der Waals surface area (Å²) in [5, 5.41) is 12.7. The number of hydrogen-bond donors (Lipinski definition) is 0. The Labute approximate surface area is 110 Å². The number of esters is 1. The summed E-state index contributed by atoms with van der Waals surface area (Å²) in [4.78, 5) is 11.2. The molecule has 0 aliphatic heterocycles. The molecule has 1 aromatic heterocycles. The second kappa shape index (κ2) is 6.72. The number of methoxy groups -OCH3 is 1. The van der Waals surface area contributed by atoms with Crippen LogP contribution in [0.3, 0.4) is 0 Å². The molecule has 100 valence electrons.